The molecule has 2 spiro atoms. The van der Waals surface area contributed by atoms with Gasteiger partial charge in [0.25, 0.3) is 0 Å². The predicted molar refractivity (Wildman–Crippen MR) is 171 cm³/mol. The van der Waals surface area contributed by atoms with Gasteiger partial charge in [0.05, 0.1) is 36.6 Å². The lowest BCUT2D eigenvalue weighted by atomic mass is 9.41. The first-order valence-electron chi connectivity index (χ1n) is 17.9. The number of ether oxygens (including phenoxy) is 4. The molecule has 0 bridgehead atoms. The fraction of sp³-hybridized carbons (Fsp3) is 0.919. The van der Waals surface area contributed by atoms with Crippen molar-refractivity contribution in [2.24, 2.45) is 50.7 Å². The van der Waals surface area contributed by atoms with Crippen LogP contribution in [-0.2, 0) is 33.3 Å². The summed E-state index contributed by atoms with van der Waals surface area (Å²) in [6, 6.07) is 0. The second kappa shape index (κ2) is 11.6. The molecule has 0 unspecified atom stereocenters. The molecule has 6 rings (SSSR count). The summed E-state index contributed by atoms with van der Waals surface area (Å²) in [6.07, 6.45) is 3.65. The second-order valence-corrected chi connectivity index (χ2v) is 17.9. The highest BCUT2D eigenvalue weighted by Crippen LogP contribution is 2.89. The first kappa shape index (κ1) is 35.4. The number of hydrogen-bond donors (Lipinski definition) is 3. The van der Waals surface area contributed by atoms with Gasteiger partial charge in [-0.15, -0.1) is 0 Å². The molecule has 0 radical (unpaired) electrons. The molecule has 10 heteroatoms. The number of rotatable bonds is 10. The van der Waals surface area contributed by atoms with Crippen LogP contribution in [0.15, 0.2) is 0 Å². The van der Waals surface area contributed by atoms with Gasteiger partial charge in [-0.1, -0.05) is 34.6 Å². The zero-order valence-electron chi connectivity index (χ0n) is 29.6. The number of esters is 1. The Balaban J connectivity index is 1.25. The van der Waals surface area contributed by atoms with Gasteiger partial charge in [0.2, 0.25) is 6.29 Å². The van der Waals surface area contributed by atoms with Crippen molar-refractivity contribution in [3.8, 4) is 0 Å². The van der Waals surface area contributed by atoms with Crippen molar-refractivity contribution >= 4 is 18.5 Å². The van der Waals surface area contributed by atoms with Crippen molar-refractivity contribution in [1.29, 1.82) is 0 Å². The third-order valence-electron chi connectivity index (χ3n) is 15.1. The standard InChI is InChI=1S/C37H58O10/c1-20-15-23(31(33(5,6)43)45-21(2)40)46-29-28(20)34(7)13-14-37-19-36(37)12-11-26(47-27(17-39)44-18-22(41)16-38)32(3,4)24(36)9-10-25(37)35(34,8)30(29)42/h16-17,20,22-31,41-43H,9-15,18-19H2,1-8H3/t20-,22+,23-,24+,25+,26+,27+,28+,29+,30+,31+,34-,35-,36-,37+/m1/s1. The molecule has 6 aliphatic rings. The number of carbonyl (C=O) groups excluding carboxylic acids is 3. The fourth-order valence-electron chi connectivity index (χ4n) is 13.1. The van der Waals surface area contributed by atoms with Gasteiger partial charge in [-0.05, 0) is 111 Å². The Morgan fingerprint density at radius 3 is 2.30 bits per heavy atom. The fourth-order valence-corrected chi connectivity index (χ4v) is 13.1. The quantitative estimate of drug-likeness (QED) is 0.178. The van der Waals surface area contributed by atoms with Crippen LogP contribution in [-0.4, -0.2) is 89.0 Å². The number of aliphatic hydroxyl groups is 3. The summed E-state index contributed by atoms with van der Waals surface area (Å²) in [4.78, 5) is 34.7. The number of hydrogen-bond acceptors (Lipinski definition) is 10. The second-order valence-electron chi connectivity index (χ2n) is 17.9. The Morgan fingerprint density at radius 2 is 1.68 bits per heavy atom. The van der Waals surface area contributed by atoms with Crippen LogP contribution in [0.4, 0.5) is 0 Å². The normalized spacial score (nSPS) is 48.3. The van der Waals surface area contributed by atoms with Crippen LogP contribution in [0.1, 0.15) is 107 Å². The third kappa shape index (κ3) is 4.96. The smallest absolute Gasteiger partial charge is 0.303 e. The van der Waals surface area contributed by atoms with Crippen LogP contribution in [0.3, 0.4) is 0 Å². The van der Waals surface area contributed by atoms with Gasteiger partial charge in [-0.25, -0.2) is 0 Å². The average molecular weight is 663 g/mol. The Morgan fingerprint density at radius 1 is 1.02 bits per heavy atom. The predicted octanol–water partition coefficient (Wildman–Crippen LogP) is 3.99. The van der Waals surface area contributed by atoms with Crippen molar-refractivity contribution in [1.82, 2.24) is 0 Å². The number of carbonyl (C=O) groups is 3. The molecule has 0 amide bonds. The van der Waals surface area contributed by atoms with E-state index in [4.69, 9.17) is 18.9 Å². The van der Waals surface area contributed by atoms with Crippen LogP contribution in [0.5, 0.6) is 0 Å². The maximum absolute atomic E-state index is 12.5. The van der Waals surface area contributed by atoms with Crippen molar-refractivity contribution < 1.29 is 48.7 Å². The SMILES string of the molecule is CC(=O)O[C@@H]([C@H]1C[C@@H](C)[C@H]2[C@H](O1)[C@H](O)[C@@]1(C)[C@@H]3CC[C@H]4C(C)(C)[C@@H](O[C@@H](C=O)OC[C@@H](O)C=O)CC[C@@]45C[C@@]35CC[C@]21C)C(C)(C)O. The minimum atomic E-state index is -1.30. The average Bonchev–Trinajstić information content (AvgIpc) is 3.62. The molecule has 0 aromatic rings. The van der Waals surface area contributed by atoms with Crippen LogP contribution in [0.2, 0.25) is 0 Å². The molecule has 5 aliphatic carbocycles. The largest absolute Gasteiger partial charge is 0.457 e. The van der Waals surface area contributed by atoms with Crippen molar-refractivity contribution in [3.63, 3.8) is 0 Å². The summed E-state index contributed by atoms with van der Waals surface area (Å²) in [6.45, 7) is 15.8. The highest BCUT2D eigenvalue weighted by molar-refractivity contribution is 5.66. The first-order chi connectivity index (χ1) is 21.8. The van der Waals surface area contributed by atoms with E-state index >= 15 is 0 Å². The van der Waals surface area contributed by atoms with Gasteiger partial charge in [0, 0.05) is 12.3 Å². The molecule has 3 N–H and O–H groups in total. The monoisotopic (exact) mass is 662 g/mol. The van der Waals surface area contributed by atoms with Crippen LogP contribution < -0.4 is 0 Å². The van der Waals surface area contributed by atoms with Crippen molar-refractivity contribution in [3.05, 3.63) is 0 Å². The molecule has 1 aliphatic heterocycles. The summed E-state index contributed by atoms with van der Waals surface area (Å²) in [5.41, 5.74) is -1.73. The van der Waals surface area contributed by atoms with Gasteiger partial charge in [0.15, 0.2) is 18.7 Å². The summed E-state index contributed by atoms with van der Waals surface area (Å²) >= 11 is 0. The van der Waals surface area contributed by atoms with Crippen molar-refractivity contribution in [2.75, 3.05) is 6.61 Å². The minimum Gasteiger partial charge on any atom is -0.457 e. The van der Waals surface area contributed by atoms with E-state index in [2.05, 4.69) is 34.6 Å². The highest BCUT2D eigenvalue weighted by Gasteiger charge is 2.84. The molecule has 1 heterocycles. The molecule has 0 aromatic carbocycles. The zero-order chi connectivity index (χ0) is 34.5. The molecule has 47 heavy (non-hydrogen) atoms. The number of aliphatic hydroxyl groups excluding tert-OH is 2. The van der Waals surface area contributed by atoms with E-state index in [1.807, 2.05) is 0 Å². The highest BCUT2D eigenvalue weighted by atomic mass is 16.7. The van der Waals surface area contributed by atoms with E-state index in [-0.39, 0.29) is 51.6 Å². The molecule has 0 aromatic heterocycles. The Hall–Kier alpha value is -1.43. The topological polar surface area (TPSA) is 149 Å². The lowest BCUT2D eigenvalue weighted by molar-refractivity contribution is -0.228. The maximum Gasteiger partial charge on any atom is 0.303 e. The first-order valence-corrected chi connectivity index (χ1v) is 17.9. The van der Waals surface area contributed by atoms with E-state index in [1.54, 1.807) is 13.8 Å². The Kier molecular flexibility index (Phi) is 8.70. The summed E-state index contributed by atoms with van der Waals surface area (Å²) in [5, 5.41) is 33.1. The van der Waals surface area contributed by atoms with Gasteiger partial charge in [-0.2, -0.15) is 0 Å². The Bertz CT molecular complexity index is 1250. The molecule has 1 saturated heterocycles. The van der Waals surface area contributed by atoms with E-state index in [1.165, 1.54) is 6.92 Å². The lowest BCUT2D eigenvalue weighted by Gasteiger charge is -2.63. The zero-order valence-corrected chi connectivity index (χ0v) is 29.6. The molecule has 6 fully saturated rings. The van der Waals surface area contributed by atoms with Crippen LogP contribution >= 0.6 is 0 Å². The molecular formula is C37H58O10. The summed E-state index contributed by atoms with van der Waals surface area (Å²) < 4.78 is 24.1. The van der Waals surface area contributed by atoms with Crippen LogP contribution in [0, 0.1) is 50.7 Å². The van der Waals surface area contributed by atoms with E-state index in [0.29, 0.717) is 30.8 Å². The molecule has 15 atom stereocenters. The van der Waals surface area contributed by atoms with Crippen molar-refractivity contribution in [2.45, 2.75) is 155 Å². The molecular weight excluding hydrogens is 604 g/mol. The van der Waals surface area contributed by atoms with Crippen LogP contribution in [0.25, 0.3) is 0 Å². The lowest BCUT2D eigenvalue weighted by Crippen LogP contribution is -2.60. The summed E-state index contributed by atoms with van der Waals surface area (Å²) in [5.74, 6) is 0.639. The molecule has 5 saturated carbocycles. The molecule has 266 valence electrons. The Labute approximate surface area is 279 Å². The maximum atomic E-state index is 12.5. The minimum absolute atomic E-state index is 0.129. The van der Waals surface area contributed by atoms with E-state index in [0.717, 1.165) is 44.9 Å². The molecule has 10 nitrogen and oxygen atoms in total. The summed E-state index contributed by atoms with van der Waals surface area (Å²) in [7, 11) is 0. The van der Waals surface area contributed by atoms with Gasteiger partial charge in [0.1, 0.15) is 6.10 Å². The number of aldehydes is 2. The van der Waals surface area contributed by atoms with E-state index in [9.17, 15) is 29.7 Å². The van der Waals surface area contributed by atoms with Gasteiger partial charge in [-0.3, -0.25) is 9.59 Å². The third-order valence-corrected chi connectivity index (χ3v) is 15.1. The van der Waals surface area contributed by atoms with Gasteiger partial charge < -0.3 is 39.1 Å². The van der Waals surface area contributed by atoms with Gasteiger partial charge >= 0.3 is 5.97 Å². The number of fused-ring (bicyclic) bond motifs is 4. The van der Waals surface area contributed by atoms with E-state index < -0.39 is 48.4 Å².